The van der Waals surface area contributed by atoms with Crippen molar-refractivity contribution >= 4 is 17.5 Å². The normalized spacial score (nSPS) is 19.2. The third-order valence-electron chi connectivity index (χ3n) is 3.58. The molecule has 104 valence electrons. The summed E-state index contributed by atoms with van der Waals surface area (Å²) in [7, 11) is 1.66. The Morgan fingerprint density at radius 1 is 1.47 bits per heavy atom. The molecule has 0 spiro atoms. The molecule has 0 aromatic heterocycles. The van der Waals surface area contributed by atoms with Crippen LogP contribution in [0.15, 0.2) is 18.2 Å². The molecule has 3 nitrogen and oxygen atoms in total. The van der Waals surface area contributed by atoms with Crippen LogP contribution in [0.3, 0.4) is 0 Å². The highest BCUT2D eigenvalue weighted by Crippen LogP contribution is 2.26. The largest absolute Gasteiger partial charge is 0.383 e. The number of methoxy groups -OCH3 is 1. The van der Waals surface area contributed by atoms with E-state index in [1.807, 2.05) is 17.9 Å². The molecule has 0 aliphatic carbocycles. The average Bonchev–Trinajstić information content (AvgIpc) is 2.71. The van der Waals surface area contributed by atoms with E-state index in [4.69, 9.17) is 16.3 Å². The molecule has 0 bridgehead atoms. The molecule has 0 unspecified atom stereocenters. The quantitative estimate of drug-likeness (QED) is 0.830. The third-order valence-corrected chi connectivity index (χ3v) is 3.93. The number of aryl methyl sites for hydroxylation is 1. The number of rotatable bonds is 5. The van der Waals surface area contributed by atoms with Gasteiger partial charge in [0, 0.05) is 31.6 Å². The Hall–Kier alpha value is -1.06. The van der Waals surface area contributed by atoms with Gasteiger partial charge in [-0.1, -0.05) is 23.7 Å². The summed E-state index contributed by atoms with van der Waals surface area (Å²) in [4.78, 5) is 13.7. The maximum atomic E-state index is 11.9. The fraction of sp³-hybridized carbons (Fsp3) is 0.533. The van der Waals surface area contributed by atoms with Crippen LogP contribution in [0.4, 0.5) is 0 Å². The summed E-state index contributed by atoms with van der Waals surface area (Å²) in [6.07, 6.45) is 1.49. The molecule has 4 heteroatoms. The maximum absolute atomic E-state index is 11.9. The van der Waals surface area contributed by atoms with Crippen molar-refractivity contribution in [2.45, 2.75) is 19.8 Å². The molecule has 1 amide bonds. The lowest BCUT2D eigenvalue weighted by atomic mass is 9.98. The predicted octanol–water partition coefficient (Wildman–Crippen LogP) is 2.69. The van der Waals surface area contributed by atoms with Gasteiger partial charge in [-0.3, -0.25) is 4.79 Å². The van der Waals surface area contributed by atoms with Crippen LogP contribution in [0.25, 0.3) is 0 Å². The van der Waals surface area contributed by atoms with Crippen LogP contribution in [0.2, 0.25) is 5.02 Å². The first-order valence-corrected chi connectivity index (χ1v) is 6.99. The molecular formula is C15H20ClNO2. The van der Waals surface area contributed by atoms with Crippen LogP contribution in [-0.4, -0.2) is 37.6 Å². The van der Waals surface area contributed by atoms with Crippen molar-refractivity contribution in [3.05, 3.63) is 34.3 Å². The van der Waals surface area contributed by atoms with Gasteiger partial charge in [-0.05, 0) is 36.5 Å². The number of amides is 1. The van der Waals surface area contributed by atoms with E-state index in [0.29, 0.717) is 25.5 Å². The van der Waals surface area contributed by atoms with E-state index in [1.165, 1.54) is 0 Å². The second kappa shape index (κ2) is 6.40. The Morgan fingerprint density at radius 3 is 2.95 bits per heavy atom. The van der Waals surface area contributed by atoms with Gasteiger partial charge in [0.2, 0.25) is 5.91 Å². The van der Waals surface area contributed by atoms with Crippen molar-refractivity contribution in [2.24, 2.45) is 5.92 Å². The van der Waals surface area contributed by atoms with Crippen LogP contribution < -0.4 is 0 Å². The summed E-state index contributed by atoms with van der Waals surface area (Å²) in [6.45, 7) is 4.13. The maximum Gasteiger partial charge on any atom is 0.223 e. The van der Waals surface area contributed by atoms with Crippen molar-refractivity contribution in [3.8, 4) is 0 Å². The number of nitrogens with zero attached hydrogens (tertiary/aromatic N) is 1. The summed E-state index contributed by atoms with van der Waals surface area (Å²) >= 11 is 6.25. The SMILES string of the molecule is COCCN1C[C@H](Cc2ccc(C)cc2Cl)CC1=O. The van der Waals surface area contributed by atoms with Crippen LogP contribution in [0.1, 0.15) is 17.5 Å². The average molecular weight is 282 g/mol. The van der Waals surface area contributed by atoms with Gasteiger partial charge in [-0.2, -0.15) is 0 Å². The molecule has 1 aliphatic heterocycles. The van der Waals surface area contributed by atoms with E-state index in [2.05, 4.69) is 12.1 Å². The molecule has 2 rings (SSSR count). The molecule has 1 atom stereocenters. The Balaban J connectivity index is 1.95. The van der Waals surface area contributed by atoms with Gasteiger partial charge in [-0.15, -0.1) is 0 Å². The minimum Gasteiger partial charge on any atom is -0.383 e. The number of hydrogen-bond donors (Lipinski definition) is 0. The lowest BCUT2D eigenvalue weighted by Crippen LogP contribution is -2.28. The van der Waals surface area contributed by atoms with E-state index < -0.39 is 0 Å². The zero-order valence-corrected chi connectivity index (χ0v) is 12.2. The van der Waals surface area contributed by atoms with E-state index in [9.17, 15) is 4.79 Å². The van der Waals surface area contributed by atoms with Crippen molar-refractivity contribution in [1.29, 1.82) is 0 Å². The number of halogens is 1. The third kappa shape index (κ3) is 3.71. The molecule has 1 aromatic rings. The zero-order valence-electron chi connectivity index (χ0n) is 11.5. The Bertz CT molecular complexity index is 461. The minimum atomic E-state index is 0.227. The van der Waals surface area contributed by atoms with Gasteiger partial charge in [0.15, 0.2) is 0 Å². The van der Waals surface area contributed by atoms with E-state index >= 15 is 0 Å². The highest BCUT2D eigenvalue weighted by atomic mass is 35.5. The smallest absolute Gasteiger partial charge is 0.223 e. The summed E-state index contributed by atoms with van der Waals surface area (Å²) in [5.74, 6) is 0.592. The van der Waals surface area contributed by atoms with E-state index in [-0.39, 0.29) is 5.91 Å². The van der Waals surface area contributed by atoms with Crippen molar-refractivity contribution in [1.82, 2.24) is 4.90 Å². The number of hydrogen-bond acceptors (Lipinski definition) is 2. The van der Waals surface area contributed by atoms with Crippen LogP contribution in [0.5, 0.6) is 0 Å². The van der Waals surface area contributed by atoms with E-state index in [0.717, 1.165) is 29.1 Å². The van der Waals surface area contributed by atoms with Crippen LogP contribution >= 0.6 is 11.6 Å². The number of carbonyl (C=O) groups is 1. The topological polar surface area (TPSA) is 29.5 Å². The van der Waals surface area contributed by atoms with Crippen LogP contribution in [-0.2, 0) is 16.0 Å². The number of ether oxygens (including phenoxy) is 1. The second-order valence-electron chi connectivity index (χ2n) is 5.20. The van der Waals surface area contributed by atoms with E-state index in [1.54, 1.807) is 7.11 Å². The summed E-state index contributed by atoms with van der Waals surface area (Å²) in [6, 6.07) is 6.12. The van der Waals surface area contributed by atoms with Crippen LogP contribution in [0, 0.1) is 12.8 Å². The molecule has 1 aliphatic rings. The minimum absolute atomic E-state index is 0.227. The lowest BCUT2D eigenvalue weighted by Gasteiger charge is -2.16. The Labute approximate surface area is 119 Å². The molecule has 1 fully saturated rings. The molecule has 0 N–H and O–H groups in total. The van der Waals surface area contributed by atoms with Crippen molar-refractivity contribution in [3.63, 3.8) is 0 Å². The first kappa shape index (κ1) is 14.4. The zero-order chi connectivity index (χ0) is 13.8. The summed E-state index contributed by atoms with van der Waals surface area (Å²) in [5, 5.41) is 0.808. The van der Waals surface area contributed by atoms with Gasteiger partial charge in [-0.25, -0.2) is 0 Å². The molecule has 1 aromatic carbocycles. The molecule has 19 heavy (non-hydrogen) atoms. The van der Waals surface area contributed by atoms with Crippen molar-refractivity contribution in [2.75, 3.05) is 26.8 Å². The molecular weight excluding hydrogens is 262 g/mol. The summed E-state index contributed by atoms with van der Waals surface area (Å²) in [5.41, 5.74) is 2.30. The van der Waals surface area contributed by atoms with Gasteiger partial charge in [0.1, 0.15) is 0 Å². The highest BCUT2D eigenvalue weighted by molar-refractivity contribution is 6.31. The standard InChI is InChI=1S/C15H20ClNO2/c1-11-3-4-13(14(16)7-11)8-12-9-15(18)17(10-12)5-6-19-2/h3-4,7,12H,5-6,8-10H2,1-2H3/t12-/m1/s1. The first-order chi connectivity index (χ1) is 9.10. The van der Waals surface area contributed by atoms with Gasteiger partial charge in [0.05, 0.1) is 6.61 Å². The first-order valence-electron chi connectivity index (χ1n) is 6.62. The highest BCUT2D eigenvalue weighted by Gasteiger charge is 2.29. The number of benzene rings is 1. The molecule has 1 heterocycles. The van der Waals surface area contributed by atoms with Gasteiger partial charge >= 0.3 is 0 Å². The van der Waals surface area contributed by atoms with Crippen molar-refractivity contribution < 1.29 is 9.53 Å². The Morgan fingerprint density at radius 2 is 2.26 bits per heavy atom. The Kier molecular flexibility index (Phi) is 4.83. The molecule has 1 saturated heterocycles. The monoisotopic (exact) mass is 281 g/mol. The lowest BCUT2D eigenvalue weighted by molar-refractivity contribution is -0.128. The number of carbonyl (C=O) groups excluding carboxylic acids is 1. The molecule has 0 radical (unpaired) electrons. The summed E-state index contributed by atoms with van der Waals surface area (Å²) < 4.78 is 5.02. The second-order valence-corrected chi connectivity index (χ2v) is 5.61. The fourth-order valence-corrected chi connectivity index (χ4v) is 2.85. The number of likely N-dealkylation sites (tertiary alicyclic amines) is 1. The fourth-order valence-electron chi connectivity index (χ4n) is 2.54. The predicted molar refractivity (Wildman–Crippen MR) is 76.5 cm³/mol. The van der Waals surface area contributed by atoms with Gasteiger partial charge < -0.3 is 9.64 Å². The van der Waals surface area contributed by atoms with Gasteiger partial charge in [0.25, 0.3) is 0 Å². The molecule has 0 saturated carbocycles.